The van der Waals surface area contributed by atoms with Gasteiger partial charge in [0.15, 0.2) is 0 Å². The number of allylic oxidation sites excluding steroid dienone is 4. The zero-order valence-corrected chi connectivity index (χ0v) is 14.1. The fourth-order valence-corrected chi connectivity index (χ4v) is 5.45. The molecule has 1 saturated heterocycles. The summed E-state index contributed by atoms with van der Waals surface area (Å²) in [5.41, 5.74) is 1.59. The van der Waals surface area contributed by atoms with E-state index in [1.54, 1.807) is 6.07 Å². The van der Waals surface area contributed by atoms with E-state index in [4.69, 9.17) is 0 Å². The highest BCUT2D eigenvalue weighted by molar-refractivity contribution is 6.23. The summed E-state index contributed by atoms with van der Waals surface area (Å²) < 4.78 is 0. The van der Waals surface area contributed by atoms with Gasteiger partial charge in [0.2, 0.25) is 11.8 Å². The van der Waals surface area contributed by atoms with Gasteiger partial charge in [-0.2, -0.15) is 0 Å². The number of carbonyl (C=O) groups is 2. The van der Waals surface area contributed by atoms with Crippen LogP contribution in [0.3, 0.4) is 0 Å². The van der Waals surface area contributed by atoms with Crippen LogP contribution in [-0.4, -0.2) is 16.7 Å². The minimum Gasteiger partial charge on any atom is -0.274 e. The minimum absolute atomic E-state index is 0.0782. The number of amides is 2. The molecule has 2 bridgehead atoms. The molecule has 132 valence electrons. The standard InChI is InChI=1S/C20H18N2O4/c23-19-17-14-8-9-15(16(14)11-4-1-2-5-11)18(17)20(24)21(19)12-6-3-7-13(10-12)22(25)26/h3-4,6-10,14-18H,1-2,5H2/t14-,15-,17-,18-/m0/s1. The summed E-state index contributed by atoms with van der Waals surface area (Å²) in [7, 11) is 0. The second-order valence-corrected chi connectivity index (χ2v) is 7.58. The Morgan fingerprint density at radius 1 is 1.04 bits per heavy atom. The van der Waals surface area contributed by atoms with Crippen LogP contribution >= 0.6 is 0 Å². The van der Waals surface area contributed by atoms with Crippen LogP contribution in [-0.2, 0) is 9.59 Å². The topological polar surface area (TPSA) is 80.5 Å². The molecule has 4 aliphatic rings. The molecule has 0 N–H and O–H groups in total. The minimum atomic E-state index is -0.511. The Morgan fingerprint density at radius 2 is 1.73 bits per heavy atom. The Labute approximate surface area is 150 Å². The molecule has 0 unspecified atom stereocenters. The van der Waals surface area contributed by atoms with Crippen LogP contribution in [0, 0.1) is 39.7 Å². The van der Waals surface area contributed by atoms with Crippen LogP contribution in [0.5, 0.6) is 0 Å². The average Bonchev–Trinajstić information content (AvgIpc) is 3.38. The van der Waals surface area contributed by atoms with Gasteiger partial charge in [0, 0.05) is 12.1 Å². The van der Waals surface area contributed by atoms with Crippen LogP contribution in [0.1, 0.15) is 19.3 Å². The predicted molar refractivity (Wildman–Crippen MR) is 94.1 cm³/mol. The second-order valence-electron chi connectivity index (χ2n) is 7.58. The monoisotopic (exact) mass is 350 g/mol. The van der Waals surface area contributed by atoms with Gasteiger partial charge < -0.3 is 0 Å². The van der Waals surface area contributed by atoms with Crippen molar-refractivity contribution in [3.8, 4) is 0 Å². The van der Waals surface area contributed by atoms with Gasteiger partial charge in [-0.05, 0) is 43.1 Å². The molecule has 6 heteroatoms. The van der Waals surface area contributed by atoms with E-state index in [1.165, 1.54) is 28.7 Å². The molecule has 2 amide bonds. The Kier molecular flexibility index (Phi) is 3.20. The maximum absolute atomic E-state index is 13.1. The maximum atomic E-state index is 13.1. The smallest absolute Gasteiger partial charge is 0.271 e. The highest BCUT2D eigenvalue weighted by Gasteiger charge is 2.64. The third kappa shape index (κ3) is 1.92. The quantitative estimate of drug-likeness (QED) is 0.363. The number of nitro groups is 1. The molecule has 26 heavy (non-hydrogen) atoms. The van der Waals surface area contributed by atoms with Gasteiger partial charge in [-0.25, -0.2) is 4.90 Å². The maximum Gasteiger partial charge on any atom is 0.271 e. The lowest BCUT2D eigenvalue weighted by atomic mass is 9.85. The van der Waals surface area contributed by atoms with Gasteiger partial charge in [-0.15, -0.1) is 0 Å². The molecule has 1 saturated carbocycles. The number of non-ortho nitro benzene ring substituents is 1. The number of benzene rings is 1. The van der Waals surface area contributed by atoms with Crippen molar-refractivity contribution in [2.75, 3.05) is 4.90 Å². The third-order valence-electron chi connectivity index (χ3n) is 6.42. The number of imide groups is 1. The van der Waals surface area contributed by atoms with Crippen LogP contribution in [0.4, 0.5) is 11.4 Å². The van der Waals surface area contributed by atoms with Crippen molar-refractivity contribution in [1.82, 2.24) is 0 Å². The molecule has 0 spiro atoms. The van der Waals surface area contributed by atoms with E-state index < -0.39 is 4.92 Å². The zero-order valence-electron chi connectivity index (χ0n) is 14.1. The summed E-state index contributed by atoms with van der Waals surface area (Å²) in [5, 5.41) is 11.0. The summed E-state index contributed by atoms with van der Waals surface area (Å²) in [6.07, 6.45) is 9.81. The lowest BCUT2D eigenvalue weighted by Gasteiger charge is -2.23. The van der Waals surface area contributed by atoms with E-state index in [0.29, 0.717) is 5.69 Å². The Hall–Kier alpha value is -2.76. The first kappa shape index (κ1) is 15.5. The van der Waals surface area contributed by atoms with Gasteiger partial charge >= 0.3 is 0 Å². The van der Waals surface area contributed by atoms with Gasteiger partial charge in [-0.1, -0.05) is 29.9 Å². The van der Waals surface area contributed by atoms with Crippen molar-refractivity contribution >= 4 is 23.2 Å². The molecule has 1 aromatic carbocycles. The number of anilines is 1. The summed E-state index contributed by atoms with van der Waals surface area (Å²) in [4.78, 5) is 37.9. The molecule has 2 fully saturated rings. The lowest BCUT2D eigenvalue weighted by Crippen LogP contribution is -2.34. The molecular weight excluding hydrogens is 332 g/mol. The van der Waals surface area contributed by atoms with Crippen molar-refractivity contribution in [3.63, 3.8) is 0 Å². The van der Waals surface area contributed by atoms with Crippen molar-refractivity contribution < 1.29 is 14.5 Å². The van der Waals surface area contributed by atoms with E-state index in [2.05, 4.69) is 18.2 Å². The fourth-order valence-electron chi connectivity index (χ4n) is 5.45. The number of nitro benzene ring substituents is 1. The van der Waals surface area contributed by atoms with Crippen LogP contribution in [0.2, 0.25) is 0 Å². The van der Waals surface area contributed by atoms with E-state index in [9.17, 15) is 19.7 Å². The Bertz CT molecular complexity index is 871. The predicted octanol–water partition coefficient (Wildman–Crippen LogP) is 3.24. The fraction of sp³-hybridized carbons (Fsp3) is 0.400. The molecule has 3 aliphatic carbocycles. The van der Waals surface area contributed by atoms with Crippen molar-refractivity contribution in [3.05, 3.63) is 58.2 Å². The molecule has 1 aromatic rings. The van der Waals surface area contributed by atoms with E-state index in [1.807, 2.05) is 0 Å². The van der Waals surface area contributed by atoms with Gasteiger partial charge in [0.05, 0.1) is 22.4 Å². The van der Waals surface area contributed by atoms with Crippen molar-refractivity contribution in [2.24, 2.45) is 29.6 Å². The molecule has 1 heterocycles. The number of carbonyl (C=O) groups excluding carboxylic acids is 2. The Morgan fingerprint density at radius 3 is 2.31 bits per heavy atom. The SMILES string of the molecule is O=C1[C@@H]2[C@@H](C(=O)N1c1cccc([N+](=O)[O-])c1)[C@H]1C=C[C@H]2C1C1=CCCC1. The van der Waals surface area contributed by atoms with E-state index >= 15 is 0 Å². The number of nitrogens with zero attached hydrogens (tertiary/aromatic N) is 2. The average molecular weight is 350 g/mol. The number of fused-ring (bicyclic) bond motifs is 5. The van der Waals surface area contributed by atoms with E-state index in [-0.39, 0.29) is 47.1 Å². The molecule has 0 radical (unpaired) electrons. The third-order valence-corrected chi connectivity index (χ3v) is 6.42. The lowest BCUT2D eigenvalue weighted by molar-refractivity contribution is -0.384. The first-order chi connectivity index (χ1) is 12.6. The summed E-state index contributed by atoms with van der Waals surface area (Å²) in [6.45, 7) is 0. The van der Waals surface area contributed by atoms with Crippen LogP contribution < -0.4 is 4.90 Å². The van der Waals surface area contributed by atoms with Crippen molar-refractivity contribution in [1.29, 1.82) is 0 Å². The Balaban J connectivity index is 1.50. The number of hydrogen-bond acceptors (Lipinski definition) is 4. The molecule has 5 rings (SSSR count). The summed E-state index contributed by atoms with van der Waals surface area (Å²) in [5.74, 6) is -0.634. The second kappa shape index (κ2) is 5.37. The number of hydrogen-bond donors (Lipinski definition) is 0. The van der Waals surface area contributed by atoms with Crippen LogP contribution in [0.25, 0.3) is 0 Å². The van der Waals surface area contributed by atoms with Gasteiger partial charge in [-0.3, -0.25) is 19.7 Å². The normalized spacial score (nSPS) is 34.5. The van der Waals surface area contributed by atoms with Gasteiger partial charge in [0.25, 0.3) is 5.69 Å². The number of rotatable bonds is 3. The summed E-state index contributed by atoms with van der Waals surface area (Å²) in [6, 6.07) is 5.78. The van der Waals surface area contributed by atoms with Crippen LogP contribution in [0.15, 0.2) is 48.1 Å². The molecular formula is C20H18N2O4. The zero-order chi connectivity index (χ0) is 18.0. The first-order valence-corrected chi connectivity index (χ1v) is 9.07. The first-order valence-electron chi connectivity index (χ1n) is 9.07. The highest BCUT2D eigenvalue weighted by Crippen LogP contribution is 2.59. The molecule has 1 aliphatic heterocycles. The highest BCUT2D eigenvalue weighted by atomic mass is 16.6. The molecule has 6 nitrogen and oxygen atoms in total. The van der Waals surface area contributed by atoms with E-state index in [0.717, 1.165) is 19.3 Å². The van der Waals surface area contributed by atoms with Crippen molar-refractivity contribution in [2.45, 2.75) is 19.3 Å². The summed E-state index contributed by atoms with van der Waals surface area (Å²) >= 11 is 0. The largest absolute Gasteiger partial charge is 0.274 e. The molecule has 0 aromatic heterocycles. The molecule has 4 atom stereocenters. The van der Waals surface area contributed by atoms with Gasteiger partial charge in [0.1, 0.15) is 0 Å².